The van der Waals surface area contributed by atoms with Gasteiger partial charge < -0.3 is 5.73 Å². The first-order chi connectivity index (χ1) is 7.81. The molecule has 3 heteroatoms. The van der Waals surface area contributed by atoms with Crippen molar-refractivity contribution in [1.82, 2.24) is 9.78 Å². The van der Waals surface area contributed by atoms with Gasteiger partial charge in [-0.1, -0.05) is 30.3 Å². The lowest BCUT2D eigenvalue weighted by molar-refractivity contribution is 0.590. The van der Waals surface area contributed by atoms with Crippen molar-refractivity contribution in [3.63, 3.8) is 0 Å². The third-order valence-corrected chi connectivity index (χ3v) is 2.76. The van der Waals surface area contributed by atoms with Crippen LogP contribution < -0.4 is 5.73 Å². The van der Waals surface area contributed by atoms with Crippen LogP contribution in [0.5, 0.6) is 0 Å². The first kappa shape index (κ1) is 10.9. The van der Waals surface area contributed by atoms with Gasteiger partial charge in [0.1, 0.15) is 0 Å². The van der Waals surface area contributed by atoms with Gasteiger partial charge in [-0.05, 0) is 18.6 Å². The average Bonchev–Trinajstić information content (AvgIpc) is 2.77. The Kier molecular flexibility index (Phi) is 3.37. The first-order valence-corrected chi connectivity index (χ1v) is 5.62. The summed E-state index contributed by atoms with van der Waals surface area (Å²) in [5.74, 6) is 0. The minimum absolute atomic E-state index is 0.0446. The summed E-state index contributed by atoms with van der Waals surface area (Å²) in [4.78, 5) is 0. The SMILES string of the molecule is CCn1nccc1CC(N)c1ccccc1. The normalized spacial score (nSPS) is 12.6. The minimum Gasteiger partial charge on any atom is -0.324 e. The van der Waals surface area contributed by atoms with Crippen LogP contribution in [-0.2, 0) is 13.0 Å². The average molecular weight is 215 g/mol. The molecule has 1 aromatic carbocycles. The number of rotatable bonds is 4. The van der Waals surface area contributed by atoms with E-state index in [2.05, 4.69) is 24.2 Å². The van der Waals surface area contributed by atoms with Gasteiger partial charge >= 0.3 is 0 Å². The second-order valence-electron chi connectivity index (χ2n) is 3.86. The van der Waals surface area contributed by atoms with E-state index in [0.717, 1.165) is 13.0 Å². The van der Waals surface area contributed by atoms with Gasteiger partial charge in [0, 0.05) is 30.9 Å². The van der Waals surface area contributed by atoms with E-state index in [1.807, 2.05) is 35.1 Å². The van der Waals surface area contributed by atoms with Crippen LogP contribution in [-0.4, -0.2) is 9.78 Å². The molecule has 0 fully saturated rings. The highest BCUT2D eigenvalue weighted by Crippen LogP contribution is 2.15. The molecule has 1 atom stereocenters. The molecule has 0 radical (unpaired) electrons. The Bertz CT molecular complexity index is 433. The molecule has 0 saturated carbocycles. The zero-order valence-electron chi connectivity index (χ0n) is 9.50. The van der Waals surface area contributed by atoms with E-state index in [1.165, 1.54) is 11.3 Å². The van der Waals surface area contributed by atoms with Crippen molar-refractivity contribution >= 4 is 0 Å². The fraction of sp³-hybridized carbons (Fsp3) is 0.308. The van der Waals surface area contributed by atoms with Crippen molar-refractivity contribution in [2.24, 2.45) is 5.73 Å². The van der Waals surface area contributed by atoms with Crippen LogP contribution in [0, 0.1) is 0 Å². The molecule has 16 heavy (non-hydrogen) atoms. The maximum Gasteiger partial charge on any atom is 0.0492 e. The number of aryl methyl sites for hydroxylation is 1. The van der Waals surface area contributed by atoms with Crippen LogP contribution in [0.15, 0.2) is 42.6 Å². The molecule has 0 bridgehead atoms. The van der Waals surface area contributed by atoms with Crippen LogP contribution in [0.3, 0.4) is 0 Å². The summed E-state index contributed by atoms with van der Waals surface area (Å²) in [7, 11) is 0. The zero-order valence-corrected chi connectivity index (χ0v) is 9.50. The molecule has 3 nitrogen and oxygen atoms in total. The largest absolute Gasteiger partial charge is 0.324 e. The van der Waals surface area contributed by atoms with Crippen molar-refractivity contribution in [2.45, 2.75) is 25.9 Å². The van der Waals surface area contributed by atoms with E-state index in [1.54, 1.807) is 0 Å². The number of hydrogen-bond donors (Lipinski definition) is 1. The molecule has 2 N–H and O–H groups in total. The number of hydrogen-bond acceptors (Lipinski definition) is 2. The number of benzene rings is 1. The van der Waals surface area contributed by atoms with E-state index in [9.17, 15) is 0 Å². The monoisotopic (exact) mass is 215 g/mol. The molecular formula is C13H17N3. The third-order valence-electron chi connectivity index (χ3n) is 2.76. The van der Waals surface area contributed by atoms with E-state index in [4.69, 9.17) is 5.73 Å². The number of aromatic nitrogens is 2. The molecule has 1 heterocycles. The summed E-state index contributed by atoms with van der Waals surface area (Å²) >= 11 is 0. The molecule has 2 rings (SSSR count). The standard InChI is InChI=1S/C13H17N3/c1-2-16-12(8-9-15-16)10-13(14)11-6-4-3-5-7-11/h3-9,13H,2,10,14H2,1H3. The van der Waals surface area contributed by atoms with E-state index >= 15 is 0 Å². The lowest BCUT2D eigenvalue weighted by Crippen LogP contribution is -2.16. The fourth-order valence-electron chi connectivity index (χ4n) is 1.86. The molecule has 2 aromatic rings. The van der Waals surface area contributed by atoms with Gasteiger partial charge in [-0.15, -0.1) is 0 Å². The summed E-state index contributed by atoms with van der Waals surface area (Å²) in [5, 5.41) is 4.24. The number of nitrogens with two attached hydrogens (primary N) is 1. The Labute approximate surface area is 95.9 Å². The van der Waals surface area contributed by atoms with Gasteiger partial charge in [-0.2, -0.15) is 5.10 Å². The van der Waals surface area contributed by atoms with Crippen molar-refractivity contribution in [1.29, 1.82) is 0 Å². The summed E-state index contributed by atoms with van der Waals surface area (Å²) in [6.07, 6.45) is 2.66. The summed E-state index contributed by atoms with van der Waals surface area (Å²) in [6.45, 7) is 2.98. The molecule has 0 aliphatic carbocycles. The summed E-state index contributed by atoms with van der Waals surface area (Å²) in [6, 6.07) is 12.3. The third kappa shape index (κ3) is 2.31. The van der Waals surface area contributed by atoms with Crippen LogP contribution in [0.25, 0.3) is 0 Å². The molecule has 0 amide bonds. The Balaban J connectivity index is 2.11. The van der Waals surface area contributed by atoms with E-state index in [0.29, 0.717) is 0 Å². The molecule has 84 valence electrons. The highest BCUT2D eigenvalue weighted by molar-refractivity contribution is 5.20. The zero-order chi connectivity index (χ0) is 11.4. The van der Waals surface area contributed by atoms with Gasteiger partial charge in [-0.25, -0.2) is 0 Å². The second-order valence-corrected chi connectivity index (χ2v) is 3.86. The van der Waals surface area contributed by atoms with Gasteiger partial charge in [0.15, 0.2) is 0 Å². The van der Waals surface area contributed by atoms with E-state index in [-0.39, 0.29) is 6.04 Å². The Morgan fingerprint density at radius 1 is 1.25 bits per heavy atom. The molecule has 0 aliphatic heterocycles. The first-order valence-electron chi connectivity index (χ1n) is 5.62. The topological polar surface area (TPSA) is 43.8 Å². The number of nitrogens with zero attached hydrogens (tertiary/aromatic N) is 2. The summed E-state index contributed by atoms with van der Waals surface area (Å²) in [5.41, 5.74) is 8.53. The van der Waals surface area contributed by atoms with Crippen molar-refractivity contribution < 1.29 is 0 Å². The van der Waals surface area contributed by atoms with Gasteiger partial charge in [0.25, 0.3) is 0 Å². The molecule has 1 aromatic heterocycles. The highest BCUT2D eigenvalue weighted by atomic mass is 15.3. The smallest absolute Gasteiger partial charge is 0.0492 e. The van der Waals surface area contributed by atoms with Crippen molar-refractivity contribution in [3.05, 3.63) is 53.9 Å². The Morgan fingerprint density at radius 3 is 2.69 bits per heavy atom. The summed E-state index contributed by atoms with van der Waals surface area (Å²) < 4.78 is 1.99. The molecule has 0 spiro atoms. The second kappa shape index (κ2) is 4.94. The van der Waals surface area contributed by atoms with Crippen LogP contribution in [0.1, 0.15) is 24.2 Å². The molecule has 0 aliphatic rings. The van der Waals surface area contributed by atoms with Crippen LogP contribution >= 0.6 is 0 Å². The Hall–Kier alpha value is -1.61. The Morgan fingerprint density at radius 2 is 2.00 bits per heavy atom. The van der Waals surface area contributed by atoms with Crippen LogP contribution in [0.2, 0.25) is 0 Å². The van der Waals surface area contributed by atoms with Crippen LogP contribution in [0.4, 0.5) is 0 Å². The van der Waals surface area contributed by atoms with E-state index < -0.39 is 0 Å². The lowest BCUT2D eigenvalue weighted by Gasteiger charge is -2.12. The minimum atomic E-state index is 0.0446. The predicted octanol–water partition coefficient (Wildman–Crippen LogP) is 2.15. The van der Waals surface area contributed by atoms with Gasteiger partial charge in [0.05, 0.1) is 0 Å². The predicted molar refractivity (Wildman–Crippen MR) is 65.0 cm³/mol. The molecule has 1 unspecified atom stereocenters. The van der Waals surface area contributed by atoms with Gasteiger partial charge in [0.2, 0.25) is 0 Å². The molecular weight excluding hydrogens is 198 g/mol. The van der Waals surface area contributed by atoms with Crippen molar-refractivity contribution in [3.8, 4) is 0 Å². The quantitative estimate of drug-likeness (QED) is 0.849. The fourth-order valence-corrected chi connectivity index (χ4v) is 1.86. The molecule has 0 saturated heterocycles. The lowest BCUT2D eigenvalue weighted by atomic mass is 10.0. The van der Waals surface area contributed by atoms with Gasteiger partial charge in [-0.3, -0.25) is 4.68 Å². The maximum absolute atomic E-state index is 6.17. The highest BCUT2D eigenvalue weighted by Gasteiger charge is 2.09. The maximum atomic E-state index is 6.17. The van der Waals surface area contributed by atoms with Crippen molar-refractivity contribution in [2.75, 3.05) is 0 Å².